The zero-order valence-electron chi connectivity index (χ0n) is 10.9. The molecule has 0 spiro atoms. The highest BCUT2D eigenvalue weighted by Gasteiger charge is 2.06. The lowest BCUT2D eigenvalue weighted by molar-refractivity contribution is 1.09. The van der Waals surface area contributed by atoms with Gasteiger partial charge in [0.1, 0.15) is 5.82 Å². The summed E-state index contributed by atoms with van der Waals surface area (Å²) in [6.07, 6.45) is 3.74. The summed E-state index contributed by atoms with van der Waals surface area (Å²) in [4.78, 5) is 4.00. The minimum Gasteiger partial charge on any atom is -0.384 e. The number of para-hydroxylation sites is 1. The molecule has 1 heterocycles. The van der Waals surface area contributed by atoms with Crippen LogP contribution >= 0.6 is 0 Å². The molecule has 0 fully saturated rings. The molecular weight excluding hydrogens is 222 g/mol. The van der Waals surface area contributed by atoms with Crippen LogP contribution in [0.3, 0.4) is 0 Å². The number of aromatic nitrogens is 1. The van der Waals surface area contributed by atoms with E-state index in [9.17, 15) is 0 Å². The van der Waals surface area contributed by atoms with Gasteiger partial charge in [0.25, 0.3) is 0 Å². The summed E-state index contributed by atoms with van der Waals surface area (Å²) in [5.41, 5.74) is 10.5. The van der Waals surface area contributed by atoms with Crippen molar-refractivity contribution in [3.8, 4) is 0 Å². The van der Waals surface area contributed by atoms with Crippen molar-refractivity contribution in [2.45, 2.75) is 26.7 Å². The average Bonchev–Trinajstić information content (AvgIpc) is 2.39. The molecule has 0 aliphatic heterocycles. The monoisotopic (exact) mass is 241 g/mol. The highest BCUT2D eigenvalue weighted by Crippen LogP contribution is 2.26. The van der Waals surface area contributed by atoms with E-state index in [-0.39, 0.29) is 0 Å². The molecule has 3 heteroatoms. The largest absolute Gasteiger partial charge is 0.384 e. The second kappa shape index (κ2) is 5.54. The van der Waals surface area contributed by atoms with Crippen molar-refractivity contribution < 1.29 is 0 Å². The van der Waals surface area contributed by atoms with Crippen molar-refractivity contribution in [2.24, 2.45) is 0 Å². The zero-order chi connectivity index (χ0) is 13.0. The standard InChI is InChI=1S/C15H19N3/c1-3-11-6-5-7-12(4-2)15(11)18-13-8-9-17-14(16)10-13/h5-10H,3-4H2,1-2H3,(H3,16,17,18). The third-order valence-electron chi connectivity index (χ3n) is 3.05. The van der Waals surface area contributed by atoms with Crippen molar-refractivity contribution in [3.05, 3.63) is 47.7 Å². The van der Waals surface area contributed by atoms with Crippen LogP contribution in [0.4, 0.5) is 17.2 Å². The predicted octanol–water partition coefficient (Wildman–Crippen LogP) is 3.53. The molecule has 3 N–H and O–H groups in total. The number of nitrogens with zero attached hydrogens (tertiary/aromatic N) is 1. The van der Waals surface area contributed by atoms with E-state index in [0.29, 0.717) is 5.82 Å². The van der Waals surface area contributed by atoms with E-state index in [1.165, 1.54) is 16.8 Å². The van der Waals surface area contributed by atoms with Gasteiger partial charge < -0.3 is 11.1 Å². The van der Waals surface area contributed by atoms with E-state index in [2.05, 4.69) is 42.3 Å². The molecule has 0 amide bonds. The number of rotatable bonds is 4. The fourth-order valence-corrected chi connectivity index (χ4v) is 2.07. The van der Waals surface area contributed by atoms with Crippen LogP contribution in [0.15, 0.2) is 36.5 Å². The lowest BCUT2D eigenvalue weighted by Crippen LogP contribution is -2.01. The van der Waals surface area contributed by atoms with Crippen LogP contribution in [0.25, 0.3) is 0 Å². The first-order chi connectivity index (χ1) is 8.74. The highest BCUT2D eigenvalue weighted by atomic mass is 14.9. The number of hydrogen-bond acceptors (Lipinski definition) is 3. The Bertz CT molecular complexity index is 513. The summed E-state index contributed by atoms with van der Waals surface area (Å²) < 4.78 is 0. The van der Waals surface area contributed by atoms with E-state index in [1.807, 2.05) is 12.1 Å². The van der Waals surface area contributed by atoms with Crippen LogP contribution < -0.4 is 11.1 Å². The lowest BCUT2D eigenvalue weighted by atomic mass is 10.0. The molecular formula is C15H19N3. The van der Waals surface area contributed by atoms with Crippen molar-refractivity contribution in [1.82, 2.24) is 4.98 Å². The average molecular weight is 241 g/mol. The Balaban J connectivity index is 2.38. The summed E-state index contributed by atoms with van der Waals surface area (Å²) in [7, 11) is 0. The maximum Gasteiger partial charge on any atom is 0.125 e. The molecule has 0 unspecified atom stereocenters. The Labute approximate surface area is 108 Å². The van der Waals surface area contributed by atoms with Gasteiger partial charge in [-0.15, -0.1) is 0 Å². The van der Waals surface area contributed by atoms with Crippen molar-refractivity contribution in [3.63, 3.8) is 0 Å². The van der Waals surface area contributed by atoms with E-state index in [1.54, 1.807) is 6.20 Å². The lowest BCUT2D eigenvalue weighted by Gasteiger charge is -2.15. The zero-order valence-corrected chi connectivity index (χ0v) is 10.9. The highest BCUT2D eigenvalue weighted by molar-refractivity contribution is 5.68. The molecule has 0 bridgehead atoms. The first kappa shape index (κ1) is 12.4. The molecule has 0 aliphatic carbocycles. The van der Waals surface area contributed by atoms with Crippen LogP contribution in [0.2, 0.25) is 0 Å². The van der Waals surface area contributed by atoms with Gasteiger partial charge in [-0.2, -0.15) is 0 Å². The van der Waals surface area contributed by atoms with Crippen LogP contribution in [0.5, 0.6) is 0 Å². The number of nitrogens with one attached hydrogen (secondary N) is 1. The molecule has 0 saturated carbocycles. The first-order valence-electron chi connectivity index (χ1n) is 6.34. The fraction of sp³-hybridized carbons (Fsp3) is 0.267. The molecule has 0 radical (unpaired) electrons. The van der Waals surface area contributed by atoms with Gasteiger partial charge in [0, 0.05) is 23.6 Å². The van der Waals surface area contributed by atoms with Gasteiger partial charge in [0.2, 0.25) is 0 Å². The van der Waals surface area contributed by atoms with Gasteiger partial charge >= 0.3 is 0 Å². The molecule has 0 atom stereocenters. The first-order valence-corrected chi connectivity index (χ1v) is 6.34. The number of anilines is 3. The third-order valence-corrected chi connectivity index (χ3v) is 3.05. The van der Waals surface area contributed by atoms with Crippen LogP contribution in [0, 0.1) is 0 Å². The molecule has 3 nitrogen and oxygen atoms in total. The molecule has 0 aliphatic rings. The summed E-state index contributed by atoms with van der Waals surface area (Å²) in [5.74, 6) is 0.534. The Kier molecular flexibility index (Phi) is 3.82. The number of benzene rings is 1. The second-order valence-corrected chi connectivity index (χ2v) is 4.25. The van der Waals surface area contributed by atoms with Gasteiger partial charge in [-0.05, 0) is 30.0 Å². The minimum absolute atomic E-state index is 0.534. The summed E-state index contributed by atoms with van der Waals surface area (Å²) in [5, 5.41) is 3.46. The molecule has 94 valence electrons. The summed E-state index contributed by atoms with van der Waals surface area (Å²) in [6.45, 7) is 4.34. The predicted molar refractivity (Wildman–Crippen MR) is 77.1 cm³/mol. The Morgan fingerprint density at radius 2 is 1.78 bits per heavy atom. The van der Waals surface area contributed by atoms with E-state index >= 15 is 0 Å². The van der Waals surface area contributed by atoms with Crippen molar-refractivity contribution >= 4 is 17.2 Å². The van der Waals surface area contributed by atoms with Crippen LogP contribution in [0.1, 0.15) is 25.0 Å². The van der Waals surface area contributed by atoms with Gasteiger partial charge in [-0.3, -0.25) is 0 Å². The van der Waals surface area contributed by atoms with E-state index in [0.717, 1.165) is 18.5 Å². The maximum absolute atomic E-state index is 5.70. The summed E-state index contributed by atoms with van der Waals surface area (Å²) in [6, 6.07) is 10.2. The van der Waals surface area contributed by atoms with Gasteiger partial charge in [0.15, 0.2) is 0 Å². The van der Waals surface area contributed by atoms with Crippen LogP contribution in [-0.2, 0) is 12.8 Å². The second-order valence-electron chi connectivity index (χ2n) is 4.25. The quantitative estimate of drug-likeness (QED) is 0.861. The Morgan fingerprint density at radius 3 is 2.33 bits per heavy atom. The van der Waals surface area contributed by atoms with Crippen molar-refractivity contribution in [1.29, 1.82) is 0 Å². The topological polar surface area (TPSA) is 50.9 Å². The number of nitrogen functional groups attached to an aromatic ring is 1. The third kappa shape index (κ3) is 2.62. The number of hydrogen-bond donors (Lipinski definition) is 2. The van der Waals surface area contributed by atoms with Gasteiger partial charge in [-0.25, -0.2) is 4.98 Å². The molecule has 1 aromatic heterocycles. The van der Waals surface area contributed by atoms with Crippen molar-refractivity contribution in [2.75, 3.05) is 11.1 Å². The van der Waals surface area contributed by atoms with Crippen LogP contribution in [-0.4, -0.2) is 4.98 Å². The normalized spacial score (nSPS) is 10.3. The number of aryl methyl sites for hydroxylation is 2. The molecule has 1 aromatic carbocycles. The molecule has 2 aromatic rings. The number of pyridine rings is 1. The Morgan fingerprint density at radius 1 is 1.11 bits per heavy atom. The summed E-state index contributed by atoms with van der Waals surface area (Å²) >= 11 is 0. The Hall–Kier alpha value is -2.03. The van der Waals surface area contributed by atoms with E-state index in [4.69, 9.17) is 5.73 Å². The maximum atomic E-state index is 5.70. The van der Waals surface area contributed by atoms with E-state index < -0.39 is 0 Å². The SMILES string of the molecule is CCc1cccc(CC)c1Nc1ccnc(N)c1. The minimum atomic E-state index is 0.534. The number of nitrogens with two attached hydrogens (primary N) is 1. The smallest absolute Gasteiger partial charge is 0.125 e. The molecule has 0 saturated heterocycles. The molecule has 2 rings (SSSR count). The van der Waals surface area contributed by atoms with Gasteiger partial charge in [0.05, 0.1) is 0 Å². The fourth-order valence-electron chi connectivity index (χ4n) is 2.07. The molecule has 18 heavy (non-hydrogen) atoms. The van der Waals surface area contributed by atoms with Gasteiger partial charge in [-0.1, -0.05) is 32.0 Å².